The number of rotatable bonds is 5. The zero-order valence-electron chi connectivity index (χ0n) is 9.26. The molecule has 0 aliphatic carbocycles. The van der Waals surface area contributed by atoms with E-state index in [1.54, 1.807) is 6.07 Å². The van der Waals surface area contributed by atoms with Crippen molar-refractivity contribution in [3.05, 3.63) is 46.0 Å². The molecule has 0 fully saturated rings. The number of nitrogens with two attached hydrogens (primary N) is 1. The molecule has 1 unspecified atom stereocenters. The molecule has 0 saturated carbocycles. The Labute approximate surface area is 106 Å². The van der Waals surface area contributed by atoms with Crippen LogP contribution in [0.15, 0.2) is 30.4 Å². The lowest BCUT2D eigenvalue weighted by Gasteiger charge is -2.16. The van der Waals surface area contributed by atoms with Crippen LogP contribution in [0.2, 0.25) is 10.0 Å². The molecule has 0 heterocycles. The maximum atomic E-state index is 6.09. The van der Waals surface area contributed by atoms with E-state index >= 15 is 0 Å². The first-order valence-corrected chi connectivity index (χ1v) is 5.83. The van der Waals surface area contributed by atoms with E-state index in [0.717, 1.165) is 24.0 Å². The largest absolute Gasteiger partial charge is 0.271 e. The number of halogens is 2. The number of hydrogen-bond acceptors (Lipinski definition) is 2. The van der Waals surface area contributed by atoms with Crippen LogP contribution in [0.4, 0.5) is 0 Å². The van der Waals surface area contributed by atoms with Gasteiger partial charge in [0.1, 0.15) is 0 Å². The number of hydrazine groups is 1. The van der Waals surface area contributed by atoms with Gasteiger partial charge in [-0.25, -0.2) is 0 Å². The lowest BCUT2D eigenvalue weighted by atomic mass is 10.0. The summed E-state index contributed by atoms with van der Waals surface area (Å²) in [6.45, 7) is 5.85. The van der Waals surface area contributed by atoms with E-state index < -0.39 is 0 Å². The fourth-order valence-corrected chi connectivity index (χ4v) is 2.05. The van der Waals surface area contributed by atoms with E-state index in [9.17, 15) is 0 Å². The summed E-state index contributed by atoms with van der Waals surface area (Å²) >= 11 is 11.9. The van der Waals surface area contributed by atoms with Gasteiger partial charge in [-0.3, -0.25) is 11.3 Å². The van der Waals surface area contributed by atoms with Crippen LogP contribution in [0, 0.1) is 0 Å². The van der Waals surface area contributed by atoms with Crippen molar-refractivity contribution in [2.45, 2.75) is 25.8 Å². The molecule has 0 amide bonds. The summed E-state index contributed by atoms with van der Waals surface area (Å²) in [4.78, 5) is 0. The molecular formula is C12H16Cl2N2. The minimum atomic E-state index is 0.149. The third-order valence-electron chi connectivity index (χ3n) is 2.31. The van der Waals surface area contributed by atoms with Crippen LogP contribution in [-0.4, -0.2) is 6.04 Å². The van der Waals surface area contributed by atoms with Gasteiger partial charge in [0.05, 0.1) is 0 Å². The first-order chi connectivity index (χ1) is 7.52. The molecule has 0 aliphatic rings. The number of nitrogens with one attached hydrogen (secondary N) is 1. The Morgan fingerprint density at radius 1 is 1.50 bits per heavy atom. The second-order valence-electron chi connectivity index (χ2n) is 3.96. The van der Waals surface area contributed by atoms with Gasteiger partial charge in [-0.05, 0) is 37.5 Å². The van der Waals surface area contributed by atoms with Crippen LogP contribution in [-0.2, 0) is 6.42 Å². The van der Waals surface area contributed by atoms with Crippen molar-refractivity contribution in [2.24, 2.45) is 5.84 Å². The molecule has 1 atom stereocenters. The fraction of sp³-hybridized carbons (Fsp3) is 0.333. The third kappa shape index (κ3) is 4.14. The highest BCUT2D eigenvalue weighted by atomic mass is 35.5. The van der Waals surface area contributed by atoms with Gasteiger partial charge in [-0.1, -0.05) is 34.8 Å². The van der Waals surface area contributed by atoms with Gasteiger partial charge in [0.25, 0.3) is 0 Å². The SMILES string of the molecule is C=C(C)CC(Cc1ccc(Cl)cc1Cl)NN. The second kappa shape index (κ2) is 6.26. The van der Waals surface area contributed by atoms with Gasteiger partial charge in [0.2, 0.25) is 0 Å². The maximum Gasteiger partial charge on any atom is 0.0453 e. The average Bonchev–Trinajstić information content (AvgIpc) is 2.20. The third-order valence-corrected chi connectivity index (χ3v) is 2.90. The Balaban J connectivity index is 2.73. The minimum Gasteiger partial charge on any atom is -0.271 e. The summed E-state index contributed by atoms with van der Waals surface area (Å²) in [5.74, 6) is 5.49. The molecule has 3 N–H and O–H groups in total. The van der Waals surface area contributed by atoms with Crippen molar-refractivity contribution in [2.75, 3.05) is 0 Å². The van der Waals surface area contributed by atoms with E-state index in [4.69, 9.17) is 29.0 Å². The van der Waals surface area contributed by atoms with Crippen LogP contribution in [0.3, 0.4) is 0 Å². The normalized spacial score (nSPS) is 12.5. The molecule has 2 nitrogen and oxygen atoms in total. The summed E-state index contributed by atoms with van der Waals surface area (Å²) in [5.41, 5.74) is 4.90. The summed E-state index contributed by atoms with van der Waals surface area (Å²) in [6, 6.07) is 5.65. The highest BCUT2D eigenvalue weighted by Crippen LogP contribution is 2.22. The van der Waals surface area contributed by atoms with E-state index in [1.165, 1.54) is 0 Å². The predicted molar refractivity (Wildman–Crippen MR) is 70.7 cm³/mol. The molecule has 4 heteroatoms. The summed E-state index contributed by atoms with van der Waals surface area (Å²) in [7, 11) is 0. The van der Waals surface area contributed by atoms with Crippen LogP contribution >= 0.6 is 23.2 Å². The quantitative estimate of drug-likeness (QED) is 0.483. The minimum absolute atomic E-state index is 0.149. The molecule has 1 aromatic carbocycles. The Bertz CT molecular complexity index is 377. The molecule has 0 bridgehead atoms. The van der Waals surface area contributed by atoms with Gasteiger partial charge in [0, 0.05) is 16.1 Å². The highest BCUT2D eigenvalue weighted by molar-refractivity contribution is 6.35. The van der Waals surface area contributed by atoms with Gasteiger partial charge in [-0.15, -0.1) is 6.58 Å². The van der Waals surface area contributed by atoms with Gasteiger partial charge in [0.15, 0.2) is 0 Å². The van der Waals surface area contributed by atoms with Gasteiger partial charge >= 0.3 is 0 Å². The van der Waals surface area contributed by atoms with Crippen molar-refractivity contribution in [1.82, 2.24) is 5.43 Å². The Morgan fingerprint density at radius 2 is 2.19 bits per heavy atom. The van der Waals surface area contributed by atoms with E-state index in [-0.39, 0.29) is 6.04 Å². The molecule has 1 aromatic rings. The molecule has 16 heavy (non-hydrogen) atoms. The van der Waals surface area contributed by atoms with Crippen LogP contribution in [0.5, 0.6) is 0 Å². The summed E-state index contributed by atoms with van der Waals surface area (Å²) in [5, 5.41) is 1.32. The van der Waals surface area contributed by atoms with Crippen LogP contribution in [0.1, 0.15) is 18.9 Å². The van der Waals surface area contributed by atoms with Crippen LogP contribution < -0.4 is 11.3 Å². The first kappa shape index (κ1) is 13.5. The van der Waals surface area contributed by atoms with Crippen molar-refractivity contribution in [3.8, 4) is 0 Å². The molecule has 0 aromatic heterocycles. The Kier molecular flexibility index (Phi) is 5.29. The molecule has 88 valence electrons. The Morgan fingerprint density at radius 3 is 2.69 bits per heavy atom. The van der Waals surface area contributed by atoms with Crippen molar-refractivity contribution < 1.29 is 0 Å². The predicted octanol–water partition coefficient (Wildman–Crippen LogP) is 3.33. The molecule has 0 spiro atoms. The van der Waals surface area contributed by atoms with Crippen molar-refractivity contribution in [3.63, 3.8) is 0 Å². The lowest BCUT2D eigenvalue weighted by molar-refractivity contribution is 0.521. The Hall–Kier alpha value is -0.540. The molecule has 0 radical (unpaired) electrons. The van der Waals surface area contributed by atoms with Crippen LogP contribution in [0.25, 0.3) is 0 Å². The summed E-state index contributed by atoms with van der Waals surface area (Å²) < 4.78 is 0. The average molecular weight is 259 g/mol. The first-order valence-electron chi connectivity index (χ1n) is 5.07. The monoisotopic (exact) mass is 258 g/mol. The van der Waals surface area contributed by atoms with E-state index in [2.05, 4.69) is 12.0 Å². The van der Waals surface area contributed by atoms with Gasteiger partial charge in [-0.2, -0.15) is 0 Å². The molecule has 0 saturated heterocycles. The second-order valence-corrected chi connectivity index (χ2v) is 4.81. The molecular weight excluding hydrogens is 243 g/mol. The fourth-order valence-electron chi connectivity index (χ4n) is 1.56. The summed E-state index contributed by atoms with van der Waals surface area (Å²) in [6.07, 6.45) is 1.59. The van der Waals surface area contributed by atoms with E-state index in [0.29, 0.717) is 10.0 Å². The smallest absolute Gasteiger partial charge is 0.0453 e. The zero-order valence-corrected chi connectivity index (χ0v) is 10.8. The lowest BCUT2D eigenvalue weighted by Crippen LogP contribution is -2.36. The highest BCUT2D eigenvalue weighted by Gasteiger charge is 2.10. The maximum absolute atomic E-state index is 6.09. The topological polar surface area (TPSA) is 38.0 Å². The molecule has 1 rings (SSSR count). The molecule has 0 aliphatic heterocycles. The standard InChI is InChI=1S/C12H16Cl2N2/c1-8(2)5-11(16-15)6-9-3-4-10(13)7-12(9)14/h3-4,7,11,16H,1,5-6,15H2,2H3. The zero-order chi connectivity index (χ0) is 12.1. The van der Waals surface area contributed by atoms with Crippen molar-refractivity contribution >= 4 is 23.2 Å². The number of benzene rings is 1. The van der Waals surface area contributed by atoms with E-state index in [1.807, 2.05) is 19.1 Å². The number of hydrogen-bond donors (Lipinski definition) is 2. The van der Waals surface area contributed by atoms with Crippen molar-refractivity contribution in [1.29, 1.82) is 0 Å². The van der Waals surface area contributed by atoms with Gasteiger partial charge < -0.3 is 0 Å².